The van der Waals surface area contributed by atoms with Gasteiger partial charge in [0.2, 0.25) is 10.0 Å². The lowest BCUT2D eigenvalue weighted by Gasteiger charge is -2.34. The molecule has 2 aliphatic rings. The van der Waals surface area contributed by atoms with E-state index in [0.29, 0.717) is 18.7 Å². The molecule has 4 rings (SSSR count). The molecule has 3 unspecified atom stereocenters. The maximum Gasteiger partial charge on any atom is 0.254 e. The van der Waals surface area contributed by atoms with E-state index in [2.05, 4.69) is 0 Å². The van der Waals surface area contributed by atoms with Crippen LogP contribution in [0.2, 0.25) is 0 Å². The number of morpholine rings is 1. The average molecular weight is 433 g/mol. The van der Waals surface area contributed by atoms with E-state index in [9.17, 15) is 13.2 Å². The van der Waals surface area contributed by atoms with Gasteiger partial charge in [0, 0.05) is 24.7 Å². The zero-order valence-corrected chi connectivity index (χ0v) is 18.3. The highest BCUT2D eigenvalue weighted by atomic mass is 32.2. The molecule has 7 nitrogen and oxygen atoms in total. The Kier molecular flexibility index (Phi) is 5.74. The van der Waals surface area contributed by atoms with Crippen LogP contribution < -0.4 is 0 Å². The lowest BCUT2D eigenvalue weighted by atomic mass is 10.1. The average Bonchev–Trinajstić information content (AvgIpc) is 3.38. The van der Waals surface area contributed by atoms with Gasteiger partial charge in [-0.1, -0.05) is 0 Å². The summed E-state index contributed by atoms with van der Waals surface area (Å²) in [5.41, 5.74) is 0.475. The van der Waals surface area contributed by atoms with Crippen molar-refractivity contribution in [1.82, 2.24) is 9.21 Å². The Hall–Kier alpha value is -2.16. The standard InChI is InChI=1S/C22H28N2O5S/c1-15-13-23(14-16(2)29-15)30(26,27)20-10-6-18(7-11-20)22(25)24(19-8-9-19)17(3)21-5-4-12-28-21/h4-7,10-12,15-17,19H,8-9,13-14H2,1-3H3. The minimum atomic E-state index is -3.63. The first-order valence-corrected chi connectivity index (χ1v) is 11.8. The third-order valence-corrected chi connectivity index (χ3v) is 7.52. The Morgan fingerprint density at radius 2 is 1.73 bits per heavy atom. The van der Waals surface area contributed by atoms with Crippen LogP contribution in [0.5, 0.6) is 0 Å². The number of carbonyl (C=O) groups is 1. The normalized spacial score (nSPS) is 23.8. The number of hydrogen-bond acceptors (Lipinski definition) is 5. The fourth-order valence-electron chi connectivity index (χ4n) is 4.07. The molecule has 30 heavy (non-hydrogen) atoms. The monoisotopic (exact) mass is 432 g/mol. The molecular formula is C22H28N2O5S. The summed E-state index contributed by atoms with van der Waals surface area (Å²) in [7, 11) is -3.63. The largest absolute Gasteiger partial charge is 0.467 e. The summed E-state index contributed by atoms with van der Waals surface area (Å²) in [5, 5.41) is 0. The van der Waals surface area contributed by atoms with E-state index < -0.39 is 10.0 Å². The van der Waals surface area contributed by atoms with Crippen molar-refractivity contribution < 1.29 is 22.4 Å². The summed E-state index contributed by atoms with van der Waals surface area (Å²) in [6.07, 6.45) is 3.24. The van der Waals surface area contributed by atoms with Gasteiger partial charge in [-0.05, 0) is 70.0 Å². The molecule has 1 aromatic carbocycles. The highest BCUT2D eigenvalue weighted by molar-refractivity contribution is 7.89. The molecule has 8 heteroatoms. The Labute approximate surface area is 177 Å². The second-order valence-electron chi connectivity index (χ2n) is 8.24. The van der Waals surface area contributed by atoms with E-state index in [1.165, 1.54) is 16.4 Å². The molecule has 3 atom stereocenters. The molecule has 2 heterocycles. The van der Waals surface area contributed by atoms with Gasteiger partial charge in [0.25, 0.3) is 5.91 Å². The van der Waals surface area contributed by atoms with Crippen molar-refractivity contribution in [2.24, 2.45) is 0 Å². The maximum absolute atomic E-state index is 13.2. The SMILES string of the molecule is CC1CN(S(=O)(=O)c2ccc(C(=O)N(C3CC3)C(C)c3ccco3)cc2)CC(C)O1. The number of nitrogens with zero attached hydrogens (tertiary/aromatic N) is 2. The zero-order valence-electron chi connectivity index (χ0n) is 17.5. The number of benzene rings is 1. The van der Waals surface area contributed by atoms with Crippen LogP contribution >= 0.6 is 0 Å². The molecule has 1 aliphatic heterocycles. The van der Waals surface area contributed by atoms with Crippen LogP contribution in [0.1, 0.15) is 55.8 Å². The summed E-state index contributed by atoms with van der Waals surface area (Å²) in [5.74, 6) is 0.629. The van der Waals surface area contributed by atoms with E-state index in [-0.39, 0.29) is 35.1 Å². The fraction of sp³-hybridized carbons (Fsp3) is 0.500. The van der Waals surface area contributed by atoms with Crippen LogP contribution in [-0.2, 0) is 14.8 Å². The van der Waals surface area contributed by atoms with Gasteiger partial charge < -0.3 is 14.1 Å². The summed E-state index contributed by atoms with van der Waals surface area (Å²) in [4.78, 5) is 15.3. The third-order valence-electron chi connectivity index (χ3n) is 5.67. The highest BCUT2D eigenvalue weighted by Gasteiger charge is 2.38. The van der Waals surface area contributed by atoms with Gasteiger partial charge in [0.05, 0.1) is 29.4 Å². The van der Waals surface area contributed by atoms with Crippen molar-refractivity contribution in [2.45, 2.75) is 62.8 Å². The molecule has 0 radical (unpaired) electrons. The maximum atomic E-state index is 13.2. The van der Waals surface area contributed by atoms with Crippen molar-refractivity contribution in [3.63, 3.8) is 0 Å². The zero-order chi connectivity index (χ0) is 21.5. The number of rotatable bonds is 6. The lowest BCUT2D eigenvalue weighted by Crippen LogP contribution is -2.48. The fourth-order valence-corrected chi connectivity index (χ4v) is 5.66. The number of ether oxygens (including phenoxy) is 1. The Morgan fingerprint density at radius 3 is 2.27 bits per heavy atom. The number of hydrogen-bond donors (Lipinski definition) is 0. The second kappa shape index (κ2) is 8.17. The van der Waals surface area contributed by atoms with Crippen LogP contribution in [0.3, 0.4) is 0 Å². The molecule has 2 fully saturated rings. The van der Waals surface area contributed by atoms with Crippen LogP contribution in [0, 0.1) is 0 Å². The van der Waals surface area contributed by atoms with Gasteiger partial charge in [-0.2, -0.15) is 4.31 Å². The summed E-state index contributed by atoms with van der Waals surface area (Å²) in [6, 6.07) is 9.95. The predicted octanol–water partition coefficient (Wildman–Crippen LogP) is 3.44. The van der Waals surface area contributed by atoms with Crippen molar-refractivity contribution in [1.29, 1.82) is 0 Å². The predicted molar refractivity (Wildman–Crippen MR) is 112 cm³/mol. The van der Waals surface area contributed by atoms with Crippen molar-refractivity contribution in [3.8, 4) is 0 Å². The van der Waals surface area contributed by atoms with Gasteiger partial charge in [0.1, 0.15) is 5.76 Å². The topological polar surface area (TPSA) is 80.1 Å². The van der Waals surface area contributed by atoms with E-state index in [1.54, 1.807) is 18.4 Å². The smallest absolute Gasteiger partial charge is 0.254 e. The second-order valence-corrected chi connectivity index (χ2v) is 10.2. The number of amides is 1. The molecular weight excluding hydrogens is 404 g/mol. The van der Waals surface area contributed by atoms with Crippen LogP contribution in [0.15, 0.2) is 52.0 Å². The number of furan rings is 1. The minimum absolute atomic E-state index is 0.112. The van der Waals surface area contributed by atoms with Gasteiger partial charge in [-0.15, -0.1) is 0 Å². The summed E-state index contributed by atoms with van der Waals surface area (Å²) >= 11 is 0. The molecule has 1 amide bonds. The molecule has 1 aromatic heterocycles. The first-order chi connectivity index (χ1) is 14.3. The third kappa shape index (κ3) is 4.17. The Balaban J connectivity index is 1.54. The molecule has 2 aromatic rings. The minimum Gasteiger partial charge on any atom is -0.467 e. The van der Waals surface area contributed by atoms with Gasteiger partial charge in [-0.25, -0.2) is 8.42 Å². The quantitative estimate of drug-likeness (QED) is 0.699. The van der Waals surface area contributed by atoms with Crippen LogP contribution in [0.25, 0.3) is 0 Å². The van der Waals surface area contributed by atoms with Gasteiger partial charge in [-0.3, -0.25) is 4.79 Å². The summed E-state index contributed by atoms with van der Waals surface area (Å²) < 4.78 is 38.7. The van der Waals surface area contributed by atoms with Crippen molar-refractivity contribution in [3.05, 3.63) is 54.0 Å². The lowest BCUT2D eigenvalue weighted by molar-refractivity contribution is -0.0440. The Morgan fingerprint density at radius 1 is 1.10 bits per heavy atom. The van der Waals surface area contributed by atoms with E-state index in [1.807, 2.05) is 37.8 Å². The Bertz CT molecular complexity index is 973. The molecule has 1 saturated carbocycles. The number of sulfonamides is 1. The number of carbonyl (C=O) groups excluding carboxylic acids is 1. The van der Waals surface area contributed by atoms with E-state index in [0.717, 1.165) is 18.6 Å². The molecule has 162 valence electrons. The van der Waals surface area contributed by atoms with E-state index in [4.69, 9.17) is 9.15 Å². The molecule has 1 saturated heterocycles. The van der Waals surface area contributed by atoms with Crippen LogP contribution in [-0.4, -0.2) is 54.9 Å². The molecule has 1 aliphatic carbocycles. The first kappa shape index (κ1) is 21.1. The molecule has 0 spiro atoms. The molecule has 0 N–H and O–H groups in total. The molecule has 0 bridgehead atoms. The van der Waals surface area contributed by atoms with E-state index >= 15 is 0 Å². The summed E-state index contributed by atoms with van der Waals surface area (Å²) in [6.45, 7) is 6.33. The van der Waals surface area contributed by atoms with Gasteiger partial charge in [0.15, 0.2) is 0 Å². The first-order valence-electron chi connectivity index (χ1n) is 10.4. The highest BCUT2D eigenvalue weighted by Crippen LogP contribution is 2.36. The van der Waals surface area contributed by atoms with Crippen molar-refractivity contribution >= 4 is 15.9 Å². The van der Waals surface area contributed by atoms with Crippen LogP contribution in [0.4, 0.5) is 0 Å². The van der Waals surface area contributed by atoms with Crippen molar-refractivity contribution in [2.75, 3.05) is 13.1 Å². The van der Waals surface area contributed by atoms with Gasteiger partial charge >= 0.3 is 0 Å².